The van der Waals surface area contributed by atoms with Crippen LogP contribution in [0.4, 0.5) is 4.39 Å². The highest BCUT2D eigenvalue weighted by Gasteiger charge is 2.24. The normalized spacial score (nSPS) is 11.1. The van der Waals surface area contributed by atoms with E-state index in [1.54, 1.807) is 13.8 Å². The molecule has 0 radical (unpaired) electrons. The summed E-state index contributed by atoms with van der Waals surface area (Å²) in [5.41, 5.74) is 5.05. The molecule has 0 atom stereocenters. The molecular formula is C11H12BrFN2OS. The van der Waals surface area contributed by atoms with Crippen LogP contribution >= 0.6 is 28.1 Å². The van der Waals surface area contributed by atoms with Gasteiger partial charge in [0.25, 0.3) is 5.91 Å². The van der Waals surface area contributed by atoms with Crippen LogP contribution in [0.15, 0.2) is 22.7 Å². The van der Waals surface area contributed by atoms with E-state index in [0.717, 1.165) is 0 Å². The first kappa shape index (κ1) is 14.1. The summed E-state index contributed by atoms with van der Waals surface area (Å²) >= 11 is 7.86. The van der Waals surface area contributed by atoms with Gasteiger partial charge in [-0.1, -0.05) is 12.2 Å². The van der Waals surface area contributed by atoms with Crippen LogP contribution in [0.2, 0.25) is 0 Å². The van der Waals surface area contributed by atoms with Crippen LogP contribution in [0.25, 0.3) is 0 Å². The summed E-state index contributed by atoms with van der Waals surface area (Å²) in [6, 6.07) is 4.01. The lowest BCUT2D eigenvalue weighted by atomic mass is 10.0. The second kappa shape index (κ2) is 5.10. The van der Waals surface area contributed by atoms with Gasteiger partial charge in [0, 0.05) is 5.56 Å². The topological polar surface area (TPSA) is 55.1 Å². The maximum Gasteiger partial charge on any atom is 0.252 e. The van der Waals surface area contributed by atoms with Crippen molar-refractivity contribution in [1.29, 1.82) is 0 Å². The van der Waals surface area contributed by atoms with Gasteiger partial charge in [0.15, 0.2) is 0 Å². The van der Waals surface area contributed by atoms with E-state index in [1.807, 2.05) is 0 Å². The molecule has 3 nitrogen and oxygen atoms in total. The smallest absolute Gasteiger partial charge is 0.252 e. The van der Waals surface area contributed by atoms with E-state index in [9.17, 15) is 9.18 Å². The summed E-state index contributed by atoms with van der Waals surface area (Å²) in [5.74, 6) is -0.779. The van der Waals surface area contributed by atoms with Crippen molar-refractivity contribution in [1.82, 2.24) is 5.32 Å². The molecule has 0 aliphatic rings. The van der Waals surface area contributed by atoms with E-state index in [1.165, 1.54) is 18.2 Å². The van der Waals surface area contributed by atoms with E-state index >= 15 is 0 Å². The fourth-order valence-electron chi connectivity index (χ4n) is 1.05. The van der Waals surface area contributed by atoms with Crippen LogP contribution in [-0.4, -0.2) is 16.4 Å². The summed E-state index contributed by atoms with van der Waals surface area (Å²) in [6.45, 7) is 3.40. The standard InChI is InChI=1S/C11H12BrFN2OS/c1-11(2,10(14)17)15-9(16)6-3-4-8(13)7(12)5-6/h3-5H,1-2H3,(H2,14,17)(H,15,16). The number of rotatable bonds is 3. The molecule has 1 amide bonds. The molecule has 0 aliphatic heterocycles. The van der Waals surface area contributed by atoms with E-state index < -0.39 is 11.4 Å². The maximum absolute atomic E-state index is 13.0. The number of amides is 1. The SMILES string of the molecule is CC(C)(NC(=O)c1ccc(F)c(Br)c1)C(N)=S. The molecule has 0 spiro atoms. The van der Waals surface area contributed by atoms with Crippen LogP contribution in [-0.2, 0) is 0 Å². The lowest BCUT2D eigenvalue weighted by Crippen LogP contribution is -2.52. The first-order valence-corrected chi connectivity index (χ1v) is 6.01. The quantitative estimate of drug-likeness (QED) is 0.841. The van der Waals surface area contributed by atoms with Crippen molar-refractivity contribution < 1.29 is 9.18 Å². The monoisotopic (exact) mass is 318 g/mol. The van der Waals surface area contributed by atoms with Gasteiger partial charge in [-0.2, -0.15) is 0 Å². The third-order valence-electron chi connectivity index (χ3n) is 2.22. The Morgan fingerprint density at radius 3 is 2.59 bits per heavy atom. The molecule has 0 aliphatic carbocycles. The highest BCUT2D eigenvalue weighted by Crippen LogP contribution is 2.17. The molecule has 0 heterocycles. The van der Waals surface area contributed by atoms with Crippen molar-refractivity contribution in [2.75, 3.05) is 0 Å². The molecule has 0 bridgehead atoms. The van der Waals surface area contributed by atoms with E-state index in [2.05, 4.69) is 21.2 Å². The maximum atomic E-state index is 13.0. The molecule has 0 aromatic heterocycles. The van der Waals surface area contributed by atoms with Crippen molar-refractivity contribution in [2.24, 2.45) is 5.73 Å². The molecule has 17 heavy (non-hydrogen) atoms. The van der Waals surface area contributed by atoms with Gasteiger partial charge in [-0.3, -0.25) is 4.79 Å². The Labute approximate surface area is 113 Å². The van der Waals surface area contributed by atoms with Gasteiger partial charge in [0.1, 0.15) is 5.82 Å². The van der Waals surface area contributed by atoms with Gasteiger partial charge >= 0.3 is 0 Å². The highest BCUT2D eigenvalue weighted by atomic mass is 79.9. The summed E-state index contributed by atoms with van der Waals surface area (Å²) in [7, 11) is 0. The number of nitrogens with one attached hydrogen (secondary N) is 1. The summed E-state index contributed by atoms with van der Waals surface area (Å²) < 4.78 is 13.2. The number of hydrogen-bond acceptors (Lipinski definition) is 2. The molecule has 0 fully saturated rings. The van der Waals surface area contributed by atoms with Crippen LogP contribution < -0.4 is 11.1 Å². The number of thiocarbonyl (C=S) groups is 1. The number of nitrogens with two attached hydrogens (primary N) is 1. The van der Waals surface area contributed by atoms with Crippen molar-refractivity contribution in [3.63, 3.8) is 0 Å². The van der Waals surface area contributed by atoms with E-state index in [0.29, 0.717) is 5.56 Å². The first-order chi connectivity index (χ1) is 7.74. The Balaban J connectivity index is 2.91. The Bertz CT molecular complexity index is 477. The predicted molar refractivity (Wildman–Crippen MR) is 72.4 cm³/mol. The molecule has 0 saturated carbocycles. The minimum atomic E-state index is -0.784. The number of benzene rings is 1. The Hall–Kier alpha value is -1.01. The summed E-state index contributed by atoms with van der Waals surface area (Å²) in [5, 5.41) is 2.67. The Morgan fingerprint density at radius 2 is 2.12 bits per heavy atom. The molecule has 0 unspecified atom stereocenters. The van der Waals surface area contributed by atoms with Crippen molar-refractivity contribution in [3.05, 3.63) is 34.1 Å². The number of carbonyl (C=O) groups is 1. The van der Waals surface area contributed by atoms with E-state index in [4.69, 9.17) is 18.0 Å². The van der Waals surface area contributed by atoms with Gasteiger partial charge < -0.3 is 11.1 Å². The fourth-order valence-corrected chi connectivity index (χ4v) is 1.48. The molecule has 6 heteroatoms. The second-order valence-electron chi connectivity index (χ2n) is 4.07. The average Bonchev–Trinajstić information content (AvgIpc) is 2.21. The van der Waals surface area contributed by atoms with E-state index in [-0.39, 0.29) is 15.4 Å². The van der Waals surface area contributed by atoms with Gasteiger partial charge in [0.05, 0.1) is 15.0 Å². The molecule has 1 rings (SSSR count). The van der Waals surface area contributed by atoms with Gasteiger partial charge in [-0.25, -0.2) is 4.39 Å². The average molecular weight is 319 g/mol. The van der Waals surface area contributed by atoms with Crippen molar-refractivity contribution in [2.45, 2.75) is 19.4 Å². The van der Waals surface area contributed by atoms with Crippen LogP contribution in [0.3, 0.4) is 0 Å². The zero-order valence-corrected chi connectivity index (χ0v) is 11.8. The molecule has 3 N–H and O–H groups in total. The van der Waals surface area contributed by atoms with Gasteiger partial charge in [-0.05, 0) is 48.0 Å². The Morgan fingerprint density at radius 1 is 1.53 bits per heavy atom. The minimum absolute atomic E-state index is 0.187. The molecule has 1 aromatic carbocycles. The molecule has 0 saturated heterocycles. The first-order valence-electron chi connectivity index (χ1n) is 4.81. The predicted octanol–water partition coefficient (Wildman–Crippen LogP) is 2.38. The number of halogens is 2. The van der Waals surface area contributed by atoms with Crippen LogP contribution in [0.1, 0.15) is 24.2 Å². The highest BCUT2D eigenvalue weighted by molar-refractivity contribution is 9.10. The third kappa shape index (κ3) is 3.47. The largest absolute Gasteiger partial charge is 0.391 e. The van der Waals surface area contributed by atoms with Gasteiger partial charge in [0.2, 0.25) is 0 Å². The zero-order chi connectivity index (χ0) is 13.2. The second-order valence-corrected chi connectivity index (χ2v) is 5.37. The van der Waals surface area contributed by atoms with Crippen LogP contribution in [0.5, 0.6) is 0 Å². The lowest BCUT2D eigenvalue weighted by molar-refractivity contribution is 0.0932. The fraction of sp³-hybridized carbons (Fsp3) is 0.273. The van der Waals surface area contributed by atoms with Crippen molar-refractivity contribution >= 4 is 39.0 Å². The third-order valence-corrected chi connectivity index (χ3v) is 3.34. The molecular weight excluding hydrogens is 307 g/mol. The summed E-state index contributed by atoms with van der Waals surface area (Å²) in [6.07, 6.45) is 0. The van der Waals surface area contributed by atoms with Crippen LogP contribution in [0, 0.1) is 5.82 Å². The number of hydrogen-bond donors (Lipinski definition) is 2. The zero-order valence-electron chi connectivity index (χ0n) is 9.38. The van der Waals surface area contributed by atoms with Gasteiger partial charge in [-0.15, -0.1) is 0 Å². The number of carbonyl (C=O) groups excluding carboxylic acids is 1. The molecule has 1 aromatic rings. The lowest BCUT2D eigenvalue weighted by Gasteiger charge is -2.24. The molecule has 92 valence electrons. The van der Waals surface area contributed by atoms with Crippen molar-refractivity contribution in [3.8, 4) is 0 Å². The minimum Gasteiger partial charge on any atom is -0.391 e. The Kier molecular flexibility index (Phi) is 4.21. The summed E-state index contributed by atoms with van der Waals surface area (Å²) in [4.78, 5) is 12.0.